The molecule has 1 fully saturated rings. The predicted molar refractivity (Wildman–Crippen MR) is 70.9 cm³/mol. The van der Waals surface area contributed by atoms with E-state index >= 15 is 0 Å². The fourth-order valence-corrected chi connectivity index (χ4v) is 3.09. The molecule has 1 saturated carbocycles. The Morgan fingerprint density at radius 2 is 1.40 bits per heavy atom. The van der Waals surface area contributed by atoms with E-state index in [1.165, 1.54) is 0 Å². The number of hydrazine groups is 1. The number of nitrogens with zero attached hydrogens (tertiary/aromatic N) is 5. The van der Waals surface area contributed by atoms with E-state index < -0.39 is 22.8 Å². The van der Waals surface area contributed by atoms with Crippen molar-refractivity contribution < 1.29 is 0 Å². The van der Waals surface area contributed by atoms with Crippen LogP contribution < -0.4 is 5.43 Å². The summed E-state index contributed by atoms with van der Waals surface area (Å²) in [6, 6.07) is 7.84. The van der Waals surface area contributed by atoms with Crippen LogP contribution in [-0.2, 0) is 0 Å². The van der Waals surface area contributed by atoms with Gasteiger partial charge in [-0.1, -0.05) is 13.8 Å². The lowest BCUT2D eigenvalue weighted by molar-refractivity contribution is 0.0221. The molecule has 0 aromatic heterocycles. The summed E-state index contributed by atoms with van der Waals surface area (Å²) in [7, 11) is 3.57. The van der Waals surface area contributed by atoms with Crippen LogP contribution in [0.2, 0.25) is 0 Å². The van der Waals surface area contributed by atoms with Crippen LogP contribution in [0.15, 0.2) is 0 Å². The second kappa shape index (κ2) is 5.48. The standard InChI is InChI=1S/C14H18N6/c1-10-5-12(19-20(3)4)14(8-17,9-18)11(2)13(10,6-15)7-16/h10-12,19H,5H2,1-4H3/t10-,11-,12-/m1/s1. The van der Waals surface area contributed by atoms with Gasteiger partial charge in [-0.15, -0.1) is 0 Å². The van der Waals surface area contributed by atoms with Gasteiger partial charge in [-0.25, -0.2) is 5.43 Å². The highest BCUT2D eigenvalue weighted by atomic mass is 15.5. The maximum atomic E-state index is 9.55. The minimum absolute atomic E-state index is 0.222. The molecule has 0 spiro atoms. The van der Waals surface area contributed by atoms with Crippen LogP contribution in [0.3, 0.4) is 0 Å². The Morgan fingerprint density at radius 1 is 0.950 bits per heavy atom. The first-order valence-corrected chi connectivity index (χ1v) is 6.43. The monoisotopic (exact) mass is 270 g/mol. The summed E-state index contributed by atoms with van der Waals surface area (Å²) in [5, 5.41) is 39.7. The normalized spacial score (nSPS) is 30.6. The van der Waals surface area contributed by atoms with E-state index in [0.717, 1.165) is 0 Å². The molecule has 0 bridgehead atoms. The van der Waals surface area contributed by atoms with Gasteiger partial charge in [-0.2, -0.15) is 21.0 Å². The molecule has 6 nitrogen and oxygen atoms in total. The van der Waals surface area contributed by atoms with Crippen LogP contribution >= 0.6 is 0 Å². The lowest BCUT2D eigenvalue weighted by Crippen LogP contribution is -2.61. The van der Waals surface area contributed by atoms with Crippen molar-refractivity contribution in [2.45, 2.75) is 26.3 Å². The number of nitrogens with one attached hydrogen (secondary N) is 1. The van der Waals surface area contributed by atoms with Gasteiger partial charge in [0.25, 0.3) is 0 Å². The van der Waals surface area contributed by atoms with Crippen molar-refractivity contribution in [1.29, 1.82) is 21.0 Å². The van der Waals surface area contributed by atoms with Crippen molar-refractivity contribution in [3.63, 3.8) is 0 Å². The highest BCUT2D eigenvalue weighted by Gasteiger charge is 2.61. The molecule has 0 aliphatic heterocycles. The van der Waals surface area contributed by atoms with E-state index in [1.54, 1.807) is 26.0 Å². The van der Waals surface area contributed by atoms with E-state index in [4.69, 9.17) is 0 Å². The van der Waals surface area contributed by atoms with Gasteiger partial charge in [0, 0.05) is 20.0 Å². The van der Waals surface area contributed by atoms with Crippen molar-refractivity contribution in [2.75, 3.05) is 14.1 Å². The average Bonchev–Trinajstić information content (AvgIpc) is 2.41. The molecular weight excluding hydrogens is 252 g/mol. The van der Waals surface area contributed by atoms with Crippen LogP contribution in [-0.4, -0.2) is 25.1 Å². The van der Waals surface area contributed by atoms with E-state index in [1.807, 2.05) is 6.92 Å². The first-order valence-electron chi connectivity index (χ1n) is 6.43. The van der Waals surface area contributed by atoms with Crippen LogP contribution in [0.4, 0.5) is 0 Å². The third-order valence-electron chi connectivity index (χ3n) is 4.44. The fourth-order valence-electron chi connectivity index (χ4n) is 3.09. The first kappa shape index (κ1) is 15.9. The molecule has 0 saturated heterocycles. The fraction of sp³-hybridized carbons (Fsp3) is 0.714. The van der Waals surface area contributed by atoms with Gasteiger partial charge < -0.3 is 0 Å². The van der Waals surface area contributed by atoms with Crippen molar-refractivity contribution in [3.05, 3.63) is 0 Å². The summed E-state index contributed by atoms with van der Waals surface area (Å²) in [5.74, 6) is -0.888. The number of hydrogen-bond acceptors (Lipinski definition) is 6. The first-order chi connectivity index (χ1) is 9.34. The topological polar surface area (TPSA) is 110 Å². The lowest BCUT2D eigenvalue weighted by Gasteiger charge is -2.48. The number of rotatable bonds is 2. The summed E-state index contributed by atoms with van der Waals surface area (Å²) < 4.78 is 0. The molecule has 20 heavy (non-hydrogen) atoms. The molecule has 0 unspecified atom stereocenters. The molecule has 1 rings (SSSR count). The Balaban J connectivity index is 3.42. The maximum absolute atomic E-state index is 9.55. The minimum atomic E-state index is -1.40. The Kier molecular flexibility index (Phi) is 4.36. The van der Waals surface area contributed by atoms with Gasteiger partial charge >= 0.3 is 0 Å². The average molecular weight is 270 g/mol. The Hall–Kier alpha value is -2.12. The zero-order chi connectivity index (χ0) is 15.6. The third kappa shape index (κ3) is 2.00. The van der Waals surface area contributed by atoms with Crippen LogP contribution in [0.25, 0.3) is 0 Å². The van der Waals surface area contributed by atoms with Gasteiger partial charge in [0.05, 0.1) is 30.3 Å². The molecule has 0 amide bonds. The smallest absolute Gasteiger partial charge is 0.165 e. The highest BCUT2D eigenvalue weighted by Crippen LogP contribution is 2.53. The summed E-state index contributed by atoms with van der Waals surface area (Å²) in [5.41, 5.74) is 0.381. The molecule has 1 aliphatic rings. The third-order valence-corrected chi connectivity index (χ3v) is 4.44. The van der Waals surface area contributed by atoms with Crippen molar-refractivity contribution in [3.8, 4) is 24.3 Å². The van der Waals surface area contributed by atoms with E-state index in [-0.39, 0.29) is 5.92 Å². The Labute approximate surface area is 119 Å². The Bertz CT molecular complexity index is 510. The lowest BCUT2D eigenvalue weighted by atomic mass is 9.51. The van der Waals surface area contributed by atoms with Gasteiger partial charge in [0.15, 0.2) is 10.8 Å². The zero-order valence-corrected chi connectivity index (χ0v) is 12.2. The molecule has 0 aromatic rings. The molecule has 1 aliphatic carbocycles. The molecule has 0 heterocycles. The maximum Gasteiger partial charge on any atom is 0.165 e. The molecule has 3 atom stereocenters. The minimum Gasteiger partial charge on any atom is -0.250 e. The molecule has 1 N–H and O–H groups in total. The van der Waals surface area contributed by atoms with Crippen LogP contribution in [0, 0.1) is 68.0 Å². The highest BCUT2D eigenvalue weighted by molar-refractivity contribution is 5.33. The summed E-state index contributed by atoms with van der Waals surface area (Å²) in [6.07, 6.45) is 0.421. The Morgan fingerprint density at radius 3 is 1.75 bits per heavy atom. The molecule has 0 aromatic carbocycles. The molecular formula is C14H18N6. The second-order valence-electron chi connectivity index (χ2n) is 5.62. The SMILES string of the molecule is C[C@@H]1C(C#N)(C#N)[C@H](C)C[C@@H](NN(C)C)C1(C#N)C#N. The summed E-state index contributed by atoms with van der Waals surface area (Å²) in [4.78, 5) is 0. The van der Waals surface area contributed by atoms with Crippen LogP contribution in [0.1, 0.15) is 20.3 Å². The number of nitriles is 4. The summed E-state index contributed by atoms with van der Waals surface area (Å²) in [6.45, 7) is 3.48. The number of hydrogen-bond donors (Lipinski definition) is 1. The van der Waals surface area contributed by atoms with Crippen LogP contribution in [0.5, 0.6) is 0 Å². The summed E-state index contributed by atoms with van der Waals surface area (Å²) >= 11 is 0. The van der Waals surface area contributed by atoms with E-state index in [9.17, 15) is 21.0 Å². The second-order valence-corrected chi connectivity index (χ2v) is 5.62. The quantitative estimate of drug-likeness (QED) is 0.754. The van der Waals surface area contributed by atoms with Crippen molar-refractivity contribution in [1.82, 2.24) is 10.4 Å². The predicted octanol–water partition coefficient (Wildman–Crippen LogP) is 1.16. The van der Waals surface area contributed by atoms with Crippen molar-refractivity contribution in [2.24, 2.45) is 22.7 Å². The van der Waals surface area contributed by atoms with E-state index in [0.29, 0.717) is 6.42 Å². The van der Waals surface area contributed by atoms with Gasteiger partial charge in [0.1, 0.15) is 0 Å². The molecule has 6 heteroatoms. The molecule has 0 radical (unpaired) electrons. The van der Waals surface area contributed by atoms with E-state index in [2.05, 4.69) is 29.7 Å². The van der Waals surface area contributed by atoms with Gasteiger partial charge in [-0.05, 0) is 12.3 Å². The molecule has 104 valence electrons. The van der Waals surface area contributed by atoms with Gasteiger partial charge in [0.2, 0.25) is 0 Å². The van der Waals surface area contributed by atoms with Crippen molar-refractivity contribution >= 4 is 0 Å². The van der Waals surface area contributed by atoms with Gasteiger partial charge in [-0.3, -0.25) is 5.01 Å². The largest absolute Gasteiger partial charge is 0.250 e. The zero-order valence-electron chi connectivity index (χ0n) is 12.2.